The van der Waals surface area contributed by atoms with Gasteiger partial charge in [0.2, 0.25) is 0 Å². The van der Waals surface area contributed by atoms with Crippen molar-refractivity contribution in [2.45, 2.75) is 33.4 Å². The van der Waals surface area contributed by atoms with Crippen molar-refractivity contribution in [2.75, 3.05) is 19.6 Å². The van der Waals surface area contributed by atoms with Gasteiger partial charge in [0, 0.05) is 24.7 Å². The Labute approximate surface area is 116 Å². The molecule has 0 spiro atoms. The highest BCUT2D eigenvalue weighted by atomic mass is 16.1. The number of benzene rings is 1. The van der Waals surface area contributed by atoms with Crippen LogP contribution in [0.1, 0.15) is 36.7 Å². The van der Waals surface area contributed by atoms with Crippen LogP contribution in [0.25, 0.3) is 0 Å². The van der Waals surface area contributed by atoms with Crippen LogP contribution in [-0.2, 0) is 6.54 Å². The minimum atomic E-state index is -0.0254. The normalized spacial score (nSPS) is 12.5. The Balaban J connectivity index is 2.50. The van der Waals surface area contributed by atoms with Crippen molar-refractivity contribution < 1.29 is 4.79 Å². The maximum Gasteiger partial charge on any atom is 0.251 e. The molecular formula is C15H25N3O. The lowest BCUT2D eigenvalue weighted by Gasteiger charge is -2.26. The van der Waals surface area contributed by atoms with Gasteiger partial charge < -0.3 is 11.1 Å². The van der Waals surface area contributed by atoms with Crippen LogP contribution >= 0.6 is 0 Å². The molecule has 1 atom stereocenters. The average molecular weight is 263 g/mol. The van der Waals surface area contributed by atoms with Crippen molar-refractivity contribution in [1.82, 2.24) is 10.2 Å². The molecule has 0 aliphatic rings. The summed E-state index contributed by atoms with van der Waals surface area (Å²) in [5.41, 5.74) is 7.25. The second-order valence-electron chi connectivity index (χ2n) is 4.68. The molecule has 4 heteroatoms. The lowest BCUT2D eigenvalue weighted by atomic mass is 10.1. The van der Waals surface area contributed by atoms with Crippen LogP contribution in [0.4, 0.5) is 0 Å². The third kappa shape index (κ3) is 4.65. The molecule has 1 rings (SSSR count). The van der Waals surface area contributed by atoms with Crippen LogP contribution in [0.5, 0.6) is 0 Å². The maximum absolute atomic E-state index is 12.0. The first-order chi connectivity index (χ1) is 9.12. The number of nitrogens with two attached hydrogens (primary N) is 1. The zero-order chi connectivity index (χ0) is 14.3. The maximum atomic E-state index is 12.0. The van der Waals surface area contributed by atoms with E-state index in [0.717, 1.165) is 18.7 Å². The van der Waals surface area contributed by atoms with Gasteiger partial charge in [-0.2, -0.15) is 0 Å². The molecule has 3 N–H and O–H groups in total. The predicted molar refractivity (Wildman–Crippen MR) is 79.0 cm³/mol. The first-order valence-corrected chi connectivity index (χ1v) is 6.93. The molecule has 4 nitrogen and oxygen atoms in total. The zero-order valence-corrected chi connectivity index (χ0v) is 12.1. The van der Waals surface area contributed by atoms with Crippen LogP contribution in [0.3, 0.4) is 0 Å². The van der Waals surface area contributed by atoms with Crippen molar-refractivity contribution in [2.24, 2.45) is 5.73 Å². The summed E-state index contributed by atoms with van der Waals surface area (Å²) in [4.78, 5) is 14.3. The minimum absolute atomic E-state index is 0.0254. The molecule has 106 valence electrons. The van der Waals surface area contributed by atoms with Gasteiger partial charge >= 0.3 is 0 Å². The molecule has 19 heavy (non-hydrogen) atoms. The fraction of sp³-hybridized carbons (Fsp3) is 0.533. The fourth-order valence-corrected chi connectivity index (χ4v) is 2.11. The van der Waals surface area contributed by atoms with Gasteiger partial charge in [0.1, 0.15) is 0 Å². The van der Waals surface area contributed by atoms with Gasteiger partial charge in [0.25, 0.3) is 5.91 Å². The number of carbonyl (C=O) groups is 1. The highest BCUT2D eigenvalue weighted by Gasteiger charge is 2.12. The number of likely N-dealkylation sites (N-methyl/N-ethyl adjacent to an activating group) is 1. The molecule has 0 aromatic heterocycles. The molecule has 1 aromatic rings. The summed E-state index contributed by atoms with van der Waals surface area (Å²) in [6.07, 6.45) is 0. The van der Waals surface area contributed by atoms with Crippen molar-refractivity contribution in [3.8, 4) is 0 Å². The summed E-state index contributed by atoms with van der Waals surface area (Å²) in [5, 5.41) is 2.97. The largest absolute Gasteiger partial charge is 0.350 e. The lowest BCUT2D eigenvalue weighted by Crippen LogP contribution is -2.42. The molecule has 1 unspecified atom stereocenters. The molecule has 0 radical (unpaired) electrons. The summed E-state index contributed by atoms with van der Waals surface area (Å²) in [6.45, 7) is 9.56. The number of amides is 1. The second kappa shape index (κ2) is 7.92. The zero-order valence-electron chi connectivity index (χ0n) is 12.1. The van der Waals surface area contributed by atoms with Gasteiger partial charge in [-0.1, -0.05) is 26.0 Å². The number of carbonyl (C=O) groups excluding carboxylic acids is 1. The van der Waals surface area contributed by atoms with Gasteiger partial charge in [-0.05, 0) is 37.7 Å². The minimum Gasteiger partial charge on any atom is -0.350 e. The van der Waals surface area contributed by atoms with Crippen LogP contribution < -0.4 is 11.1 Å². The Kier molecular flexibility index (Phi) is 6.53. The summed E-state index contributed by atoms with van der Waals surface area (Å²) in [7, 11) is 0. The average Bonchev–Trinajstić information content (AvgIpc) is 2.46. The summed E-state index contributed by atoms with van der Waals surface area (Å²) >= 11 is 0. The van der Waals surface area contributed by atoms with E-state index in [9.17, 15) is 4.79 Å². The van der Waals surface area contributed by atoms with E-state index in [1.807, 2.05) is 24.3 Å². The van der Waals surface area contributed by atoms with E-state index in [2.05, 4.69) is 31.0 Å². The van der Waals surface area contributed by atoms with E-state index < -0.39 is 0 Å². The molecule has 1 aromatic carbocycles. The molecule has 0 bridgehead atoms. The smallest absolute Gasteiger partial charge is 0.251 e. The summed E-state index contributed by atoms with van der Waals surface area (Å²) in [5.74, 6) is -0.0254. The summed E-state index contributed by atoms with van der Waals surface area (Å²) < 4.78 is 0. The molecular weight excluding hydrogens is 238 g/mol. The highest BCUT2D eigenvalue weighted by molar-refractivity contribution is 5.94. The Bertz CT molecular complexity index is 385. The molecule has 0 aliphatic carbocycles. The van der Waals surface area contributed by atoms with E-state index in [0.29, 0.717) is 24.7 Å². The Morgan fingerprint density at radius 1 is 1.26 bits per heavy atom. The van der Waals surface area contributed by atoms with Crippen LogP contribution in [-0.4, -0.2) is 36.5 Å². The van der Waals surface area contributed by atoms with E-state index in [1.165, 1.54) is 0 Å². The number of hydrogen-bond acceptors (Lipinski definition) is 3. The first-order valence-electron chi connectivity index (χ1n) is 6.93. The van der Waals surface area contributed by atoms with Gasteiger partial charge in [-0.25, -0.2) is 0 Å². The second-order valence-corrected chi connectivity index (χ2v) is 4.68. The van der Waals surface area contributed by atoms with E-state index in [1.54, 1.807) is 0 Å². The number of nitrogens with zero attached hydrogens (tertiary/aromatic N) is 1. The molecule has 0 aliphatic heterocycles. The van der Waals surface area contributed by atoms with E-state index in [-0.39, 0.29) is 5.91 Å². The van der Waals surface area contributed by atoms with Crippen LogP contribution in [0.2, 0.25) is 0 Å². The Morgan fingerprint density at radius 3 is 2.32 bits per heavy atom. The third-order valence-electron chi connectivity index (χ3n) is 3.45. The molecule has 0 heterocycles. The standard InChI is InChI=1S/C15H25N3O/c1-4-18(5-2)12(3)11-17-15(19)14-8-6-13(10-16)7-9-14/h6-9,12H,4-5,10-11,16H2,1-3H3,(H,17,19). The van der Waals surface area contributed by atoms with Crippen molar-refractivity contribution in [1.29, 1.82) is 0 Å². The lowest BCUT2D eigenvalue weighted by molar-refractivity contribution is 0.0938. The van der Waals surface area contributed by atoms with Crippen molar-refractivity contribution in [3.05, 3.63) is 35.4 Å². The fourth-order valence-electron chi connectivity index (χ4n) is 2.11. The number of nitrogens with one attached hydrogen (secondary N) is 1. The first kappa shape index (κ1) is 15.7. The van der Waals surface area contributed by atoms with E-state index >= 15 is 0 Å². The van der Waals surface area contributed by atoms with Crippen LogP contribution in [0, 0.1) is 0 Å². The Hall–Kier alpha value is -1.39. The van der Waals surface area contributed by atoms with Crippen molar-refractivity contribution >= 4 is 5.91 Å². The monoisotopic (exact) mass is 263 g/mol. The quantitative estimate of drug-likeness (QED) is 0.785. The number of rotatable bonds is 7. The van der Waals surface area contributed by atoms with Crippen LogP contribution in [0.15, 0.2) is 24.3 Å². The third-order valence-corrected chi connectivity index (χ3v) is 3.45. The predicted octanol–water partition coefficient (Wildman–Crippen LogP) is 1.61. The van der Waals surface area contributed by atoms with Crippen molar-refractivity contribution in [3.63, 3.8) is 0 Å². The van der Waals surface area contributed by atoms with Gasteiger partial charge in [0.05, 0.1) is 0 Å². The number of hydrogen-bond donors (Lipinski definition) is 2. The van der Waals surface area contributed by atoms with Gasteiger partial charge in [0.15, 0.2) is 0 Å². The molecule has 0 saturated carbocycles. The van der Waals surface area contributed by atoms with Gasteiger partial charge in [-0.3, -0.25) is 9.69 Å². The van der Waals surface area contributed by atoms with E-state index in [4.69, 9.17) is 5.73 Å². The highest BCUT2D eigenvalue weighted by Crippen LogP contribution is 2.04. The Morgan fingerprint density at radius 2 is 1.84 bits per heavy atom. The topological polar surface area (TPSA) is 58.4 Å². The molecule has 0 saturated heterocycles. The van der Waals surface area contributed by atoms with Gasteiger partial charge in [-0.15, -0.1) is 0 Å². The molecule has 1 amide bonds. The SMILES string of the molecule is CCN(CC)C(C)CNC(=O)c1ccc(CN)cc1. The summed E-state index contributed by atoms with van der Waals surface area (Å²) in [6, 6.07) is 7.77. The molecule has 0 fully saturated rings.